The molecule has 1 heterocycles. The van der Waals surface area contributed by atoms with Crippen molar-refractivity contribution in [3.63, 3.8) is 0 Å². The Morgan fingerprint density at radius 1 is 1.17 bits per heavy atom. The van der Waals surface area contributed by atoms with Gasteiger partial charge in [-0.05, 0) is 35.7 Å². The van der Waals surface area contributed by atoms with Crippen LogP contribution in [0.2, 0.25) is 0 Å². The highest BCUT2D eigenvalue weighted by molar-refractivity contribution is 5.99. The molecule has 154 valence electrons. The lowest BCUT2D eigenvalue weighted by Crippen LogP contribution is -2.45. The molecule has 0 saturated carbocycles. The summed E-state index contributed by atoms with van der Waals surface area (Å²) in [6, 6.07) is 14.2. The summed E-state index contributed by atoms with van der Waals surface area (Å²) >= 11 is 0. The van der Waals surface area contributed by atoms with Crippen molar-refractivity contribution < 1.29 is 34.6 Å². The van der Waals surface area contributed by atoms with Crippen LogP contribution in [-0.4, -0.2) is 59.1 Å². The number of rotatable bonds is 6. The normalized spacial score (nSPS) is 18.9. The van der Waals surface area contributed by atoms with Crippen LogP contribution in [0.3, 0.4) is 0 Å². The number of methoxy groups -OCH3 is 1. The first-order chi connectivity index (χ1) is 13.9. The minimum atomic E-state index is -1.56. The third-order valence-electron chi connectivity index (χ3n) is 4.89. The summed E-state index contributed by atoms with van der Waals surface area (Å²) in [5, 5.41) is 27.4. The van der Waals surface area contributed by atoms with Gasteiger partial charge < -0.3 is 19.5 Å². The molecule has 0 aromatic heterocycles. The molecular formula is C20H22N2O7. The fourth-order valence-corrected chi connectivity index (χ4v) is 3.54. The summed E-state index contributed by atoms with van der Waals surface area (Å²) in [5.41, 5.74) is 2.13. The van der Waals surface area contributed by atoms with Crippen LogP contribution in [0.4, 0.5) is 10.5 Å². The van der Waals surface area contributed by atoms with Gasteiger partial charge in [0.05, 0.1) is 13.7 Å². The van der Waals surface area contributed by atoms with Gasteiger partial charge in [-0.25, -0.2) is 4.79 Å². The van der Waals surface area contributed by atoms with Gasteiger partial charge in [0.1, 0.15) is 5.75 Å². The predicted octanol–water partition coefficient (Wildman–Crippen LogP) is 2.51. The van der Waals surface area contributed by atoms with Gasteiger partial charge >= 0.3 is 6.16 Å². The van der Waals surface area contributed by atoms with Crippen LogP contribution < -0.4 is 9.64 Å². The number of carbonyl (C=O) groups excluding carboxylic acids is 1. The number of carboxylic acid groups (broad SMARTS) is 1. The Bertz CT molecular complexity index is 869. The predicted molar refractivity (Wildman–Crippen MR) is 101 cm³/mol. The molecule has 1 aliphatic rings. The monoisotopic (exact) mass is 402 g/mol. The number of amides is 1. The Balaban J connectivity index is 2.06. The number of ether oxygens (including phenoxy) is 2. The molecule has 3 N–H and O–H groups in total. The standard InChI is InChI=1S/C20H22N2O7/c1-28-15-8-6-13(7-9-15)16-12-14-4-2-3-5-17(14)21(10-11-22(26)27)19(23)18(16)29-20(24)25/h2-9,16,18,26-27H,10-12H2,1H3,(H,24,25). The molecule has 0 bridgehead atoms. The third-order valence-corrected chi connectivity index (χ3v) is 4.89. The van der Waals surface area contributed by atoms with E-state index in [2.05, 4.69) is 0 Å². The summed E-state index contributed by atoms with van der Waals surface area (Å²) in [6.45, 7) is -0.301. The van der Waals surface area contributed by atoms with Crippen LogP contribution in [0.5, 0.6) is 5.75 Å². The highest BCUT2D eigenvalue weighted by Gasteiger charge is 2.40. The van der Waals surface area contributed by atoms with Gasteiger partial charge in [-0.3, -0.25) is 15.2 Å². The van der Waals surface area contributed by atoms with E-state index in [0.29, 0.717) is 17.9 Å². The Kier molecular flexibility index (Phi) is 6.32. The average molecular weight is 402 g/mol. The van der Waals surface area contributed by atoms with Crippen LogP contribution >= 0.6 is 0 Å². The zero-order valence-electron chi connectivity index (χ0n) is 15.8. The molecule has 2 aromatic carbocycles. The van der Waals surface area contributed by atoms with Gasteiger partial charge in [0.2, 0.25) is 0 Å². The van der Waals surface area contributed by atoms with Gasteiger partial charge in [-0.1, -0.05) is 35.6 Å². The second-order valence-electron chi connectivity index (χ2n) is 6.60. The Labute approximate surface area is 167 Å². The van der Waals surface area contributed by atoms with Crippen LogP contribution in [0.15, 0.2) is 48.5 Å². The number of hydroxylamine groups is 2. The zero-order chi connectivity index (χ0) is 21.0. The molecule has 0 spiro atoms. The SMILES string of the molecule is COc1ccc(C2Cc3ccccc3N(CCN(O)O)C(=O)C2OC(=O)O)cc1. The molecule has 1 amide bonds. The maximum Gasteiger partial charge on any atom is 0.506 e. The third kappa shape index (κ3) is 4.65. The lowest BCUT2D eigenvalue weighted by atomic mass is 9.87. The molecule has 0 aliphatic carbocycles. The van der Waals surface area contributed by atoms with E-state index in [1.165, 1.54) is 4.90 Å². The van der Waals surface area contributed by atoms with Gasteiger partial charge in [-0.15, -0.1) is 0 Å². The van der Waals surface area contributed by atoms with E-state index in [1.807, 2.05) is 12.1 Å². The van der Waals surface area contributed by atoms with Crippen molar-refractivity contribution in [3.8, 4) is 5.75 Å². The van der Waals surface area contributed by atoms with E-state index in [4.69, 9.17) is 19.9 Å². The summed E-state index contributed by atoms with van der Waals surface area (Å²) in [6.07, 6.45) is -2.48. The molecule has 9 heteroatoms. The summed E-state index contributed by atoms with van der Waals surface area (Å²) in [4.78, 5) is 26.0. The number of fused-ring (bicyclic) bond motifs is 1. The Morgan fingerprint density at radius 3 is 2.48 bits per heavy atom. The van der Waals surface area contributed by atoms with Crippen molar-refractivity contribution in [1.29, 1.82) is 0 Å². The topological polar surface area (TPSA) is 120 Å². The second kappa shape index (κ2) is 8.91. The molecule has 0 radical (unpaired) electrons. The van der Waals surface area contributed by atoms with Gasteiger partial charge in [0.15, 0.2) is 6.10 Å². The molecule has 1 aliphatic heterocycles. The van der Waals surface area contributed by atoms with Crippen molar-refractivity contribution >= 4 is 17.7 Å². The van der Waals surface area contributed by atoms with E-state index < -0.39 is 24.1 Å². The maximum atomic E-state index is 13.3. The fraction of sp³-hybridized carbons (Fsp3) is 0.300. The van der Waals surface area contributed by atoms with Crippen molar-refractivity contribution in [1.82, 2.24) is 5.23 Å². The second-order valence-corrected chi connectivity index (χ2v) is 6.60. The molecule has 2 unspecified atom stereocenters. The lowest BCUT2D eigenvalue weighted by molar-refractivity contribution is -0.304. The van der Waals surface area contributed by atoms with E-state index in [0.717, 1.165) is 11.1 Å². The Hall–Kier alpha value is -3.14. The molecule has 0 fully saturated rings. The van der Waals surface area contributed by atoms with E-state index in [1.54, 1.807) is 43.5 Å². The summed E-state index contributed by atoms with van der Waals surface area (Å²) in [7, 11) is 1.54. The largest absolute Gasteiger partial charge is 0.506 e. The van der Waals surface area contributed by atoms with Crippen LogP contribution in [0.1, 0.15) is 17.0 Å². The number of hydrogen-bond acceptors (Lipinski definition) is 7. The molecule has 3 rings (SSSR count). The quantitative estimate of drug-likeness (QED) is 0.498. The first-order valence-corrected chi connectivity index (χ1v) is 8.98. The Morgan fingerprint density at radius 2 is 1.86 bits per heavy atom. The van der Waals surface area contributed by atoms with E-state index in [-0.39, 0.29) is 18.3 Å². The van der Waals surface area contributed by atoms with Crippen LogP contribution in [-0.2, 0) is 16.0 Å². The average Bonchev–Trinajstić information content (AvgIpc) is 2.81. The summed E-state index contributed by atoms with van der Waals surface area (Å²) < 4.78 is 10.2. The van der Waals surface area contributed by atoms with Gasteiger partial charge in [0.25, 0.3) is 5.91 Å². The minimum Gasteiger partial charge on any atom is -0.497 e. The van der Waals surface area contributed by atoms with Gasteiger partial charge in [0, 0.05) is 18.2 Å². The van der Waals surface area contributed by atoms with E-state index >= 15 is 0 Å². The highest BCUT2D eigenvalue weighted by Crippen LogP contribution is 2.36. The summed E-state index contributed by atoms with van der Waals surface area (Å²) in [5.74, 6) is -0.493. The molecule has 9 nitrogen and oxygen atoms in total. The molecule has 0 saturated heterocycles. The number of nitrogens with zero attached hydrogens (tertiary/aromatic N) is 2. The molecule has 29 heavy (non-hydrogen) atoms. The first kappa shape index (κ1) is 20.6. The van der Waals surface area contributed by atoms with Crippen LogP contribution in [0.25, 0.3) is 0 Å². The molecular weight excluding hydrogens is 380 g/mol. The first-order valence-electron chi connectivity index (χ1n) is 8.98. The number of benzene rings is 2. The van der Waals surface area contributed by atoms with Crippen molar-refractivity contribution in [2.45, 2.75) is 18.4 Å². The highest BCUT2D eigenvalue weighted by atomic mass is 16.8. The number of carbonyl (C=O) groups is 2. The number of para-hydroxylation sites is 1. The maximum absolute atomic E-state index is 13.3. The fourth-order valence-electron chi connectivity index (χ4n) is 3.54. The lowest BCUT2D eigenvalue weighted by Gasteiger charge is -2.28. The molecule has 2 aromatic rings. The van der Waals surface area contributed by atoms with Crippen molar-refractivity contribution in [2.75, 3.05) is 25.1 Å². The number of hydrogen-bond donors (Lipinski definition) is 3. The van der Waals surface area contributed by atoms with Crippen LogP contribution in [0, 0.1) is 0 Å². The van der Waals surface area contributed by atoms with Crippen molar-refractivity contribution in [3.05, 3.63) is 59.7 Å². The van der Waals surface area contributed by atoms with Crippen molar-refractivity contribution in [2.24, 2.45) is 0 Å². The minimum absolute atomic E-state index is 0.0190. The molecule has 2 atom stereocenters. The zero-order valence-corrected chi connectivity index (χ0v) is 15.8. The van der Waals surface area contributed by atoms with Gasteiger partial charge in [-0.2, -0.15) is 0 Å². The van der Waals surface area contributed by atoms with E-state index in [9.17, 15) is 14.7 Å². The smallest absolute Gasteiger partial charge is 0.497 e. The number of anilines is 1.